The van der Waals surface area contributed by atoms with Crippen molar-refractivity contribution in [1.82, 2.24) is 4.98 Å². The van der Waals surface area contributed by atoms with E-state index in [1.54, 1.807) is 13.3 Å². The van der Waals surface area contributed by atoms with Crippen LogP contribution in [-0.4, -0.2) is 12.1 Å². The molecule has 0 aromatic carbocycles. The van der Waals surface area contributed by atoms with E-state index >= 15 is 0 Å². The number of ether oxygens (including phenoxy) is 1. The lowest BCUT2D eigenvalue weighted by Gasteiger charge is -1.96. The summed E-state index contributed by atoms with van der Waals surface area (Å²) in [5.41, 5.74) is 0.764. The van der Waals surface area contributed by atoms with Crippen molar-refractivity contribution in [3.8, 4) is 16.9 Å². The third-order valence-corrected chi connectivity index (χ3v) is 2.03. The molecule has 0 fully saturated rings. The summed E-state index contributed by atoms with van der Waals surface area (Å²) in [7, 11) is 3.06. The molecule has 0 unspecified atom stereocenters. The van der Waals surface area contributed by atoms with Crippen molar-refractivity contribution in [2.75, 3.05) is 7.11 Å². The average Bonchev–Trinajstić information content (AvgIpc) is 2.15. The Kier molecular flexibility index (Phi) is 4.25. The normalized spacial score (nSPS) is 8.50. The molecule has 0 aliphatic heterocycles. The molecule has 0 bridgehead atoms. The molecular weight excluding hydrogens is 285 g/mol. The highest BCUT2D eigenvalue weighted by molar-refractivity contribution is 14.2. The van der Waals surface area contributed by atoms with Crippen molar-refractivity contribution >= 4 is 30.1 Å². The molecule has 2 nitrogen and oxygen atoms in total. The Bertz CT molecular complexity index is 301. The maximum Gasteiger partial charge on any atom is 0.137 e. The van der Waals surface area contributed by atoms with E-state index in [1.165, 1.54) is 8.93 Å². The summed E-state index contributed by atoms with van der Waals surface area (Å²) in [5, 5.41) is 2.85. The summed E-state index contributed by atoms with van der Waals surface area (Å²) >= 11 is 2.12. The van der Waals surface area contributed by atoms with Gasteiger partial charge in [-0.3, -0.25) is 0 Å². The summed E-state index contributed by atoms with van der Waals surface area (Å²) in [6, 6.07) is 3.67. The van der Waals surface area contributed by atoms with Gasteiger partial charge in [0.25, 0.3) is 0 Å². The molecule has 0 atom stereocenters. The van der Waals surface area contributed by atoms with E-state index in [4.69, 9.17) is 4.74 Å². The van der Waals surface area contributed by atoms with Gasteiger partial charge in [-0.25, -0.2) is 4.98 Å². The van der Waals surface area contributed by atoms with Crippen LogP contribution >= 0.6 is 30.1 Å². The lowest BCUT2D eigenvalue weighted by Crippen LogP contribution is -1.85. The van der Waals surface area contributed by atoms with E-state index in [0.29, 0.717) is 0 Å². The van der Waals surface area contributed by atoms with Gasteiger partial charge in [-0.1, -0.05) is 0 Å². The van der Waals surface area contributed by atoms with Crippen LogP contribution in [0.15, 0.2) is 18.3 Å². The number of halogens is 1. The minimum absolute atomic E-state index is 0.752. The first kappa shape index (κ1) is 9.68. The van der Waals surface area contributed by atoms with Crippen LogP contribution in [0.4, 0.5) is 0 Å². The van der Waals surface area contributed by atoms with Gasteiger partial charge in [0.15, 0.2) is 0 Å². The predicted molar refractivity (Wildman–Crippen MR) is 59.3 cm³/mol. The van der Waals surface area contributed by atoms with Crippen LogP contribution < -0.4 is 4.74 Å². The SMILES string of the molecule is COc1ccc(C#CSI)nc1. The molecule has 0 aliphatic rings. The highest BCUT2D eigenvalue weighted by atomic mass is 127. The lowest BCUT2D eigenvalue weighted by atomic mass is 10.3. The second-order valence-corrected chi connectivity index (χ2v) is 3.57. The number of rotatable bonds is 1. The molecular formula is C8H6INOS. The predicted octanol–water partition coefficient (Wildman–Crippen LogP) is 2.48. The van der Waals surface area contributed by atoms with Crippen molar-refractivity contribution in [2.45, 2.75) is 0 Å². The van der Waals surface area contributed by atoms with Crippen molar-refractivity contribution < 1.29 is 4.74 Å². The zero-order valence-electron chi connectivity index (χ0n) is 6.37. The van der Waals surface area contributed by atoms with Crippen LogP contribution in [0.2, 0.25) is 0 Å². The van der Waals surface area contributed by atoms with E-state index in [2.05, 4.69) is 37.4 Å². The van der Waals surface area contributed by atoms with Gasteiger partial charge in [-0.05, 0) is 32.2 Å². The molecule has 0 saturated heterocycles. The van der Waals surface area contributed by atoms with E-state index in [-0.39, 0.29) is 0 Å². The van der Waals surface area contributed by atoms with Gasteiger partial charge >= 0.3 is 0 Å². The Hall–Kier alpha value is -0.410. The molecule has 1 rings (SSSR count). The van der Waals surface area contributed by atoms with Crippen LogP contribution in [0.5, 0.6) is 5.75 Å². The third-order valence-electron chi connectivity index (χ3n) is 1.19. The van der Waals surface area contributed by atoms with E-state index < -0.39 is 0 Å². The van der Waals surface area contributed by atoms with E-state index in [9.17, 15) is 0 Å². The van der Waals surface area contributed by atoms with Crippen LogP contribution in [0, 0.1) is 11.2 Å². The molecule has 4 heteroatoms. The topological polar surface area (TPSA) is 22.1 Å². The Morgan fingerprint density at radius 2 is 2.42 bits per heavy atom. The van der Waals surface area contributed by atoms with Crippen LogP contribution in [-0.2, 0) is 0 Å². The first-order chi connectivity index (χ1) is 5.86. The van der Waals surface area contributed by atoms with Crippen molar-refractivity contribution in [3.05, 3.63) is 24.0 Å². The molecule has 0 radical (unpaired) electrons. The minimum atomic E-state index is 0.752. The average molecular weight is 291 g/mol. The fourth-order valence-corrected chi connectivity index (χ4v) is 1.12. The zero-order chi connectivity index (χ0) is 8.81. The third kappa shape index (κ3) is 2.91. The standard InChI is InChI=1S/C8H6INOS/c1-11-8-3-2-7(10-6-8)4-5-12-9/h2-3,6H,1H3. The quantitative estimate of drug-likeness (QED) is 0.586. The number of nitrogens with zero attached hydrogens (tertiary/aromatic N) is 1. The molecule has 1 aromatic rings. The van der Waals surface area contributed by atoms with Gasteiger partial charge in [-0.15, -0.1) is 0 Å². The Labute approximate surface area is 87.7 Å². The van der Waals surface area contributed by atoms with Crippen molar-refractivity contribution in [3.63, 3.8) is 0 Å². The van der Waals surface area contributed by atoms with Crippen LogP contribution in [0.1, 0.15) is 5.69 Å². The number of hydrogen-bond acceptors (Lipinski definition) is 3. The van der Waals surface area contributed by atoms with Crippen molar-refractivity contribution in [2.24, 2.45) is 0 Å². The summed E-state index contributed by atoms with van der Waals surface area (Å²) in [5.74, 6) is 3.64. The molecule has 0 aliphatic carbocycles. The second-order valence-electron chi connectivity index (χ2n) is 1.89. The van der Waals surface area contributed by atoms with Gasteiger partial charge in [0.2, 0.25) is 0 Å². The highest BCUT2D eigenvalue weighted by Gasteiger charge is 1.90. The summed E-state index contributed by atoms with van der Waals surface area (Å²) in [6.07, 6.45) is 1.65. The van der Waals surface area contributed by atoms with Gasteiger partial charge in [0.05, 0.1) is 13.3 Å². The number of hydrogen-bond donors (Lipinski definition) is 0. The van der Waals surface area contributed by atoms with Gasteiger partial charge in [-0.2, -0.15) is 0 Å². The van der Waals surface area contributed by atoms with E-state index in [0.717, 1.165) is 11.4 Å². The second kappa shape index (κ2) is 5.27. The molecule has 0 spiro atoms. The van der Waals surface area contributed by atoms with Crippen molar-refractivity contribution in [1.29, 1.82) is 0 Å². The largest absolute Gasteiger partial charge is 0.495 e. The maximum absolute atomic E-state index is 4.96. The first-order valence-electron chi connectivity index (χ1n) is 3.15. The summed E-state index contributed by atoms with van der Waals surface area (Å²) in [6.45, 7) is 0. The summed E-state index contributed by atoms with van der Waals surface area (Å²) < 4.78 is 4.96. The van der Waals surface area contributed by atoms with Gasteiger partial charge in [0.1, 0.15) is 11.4 Å². The fraction of sp³-hybridized carbons (Fsp3) is 0.125. The number of methoxy groups -OCH3 is 1. The fourth-order valence-electron chi connectivity index (χ4n) is 0.647. The first-order valence-corrected chi connectivity index (χ1v) is 6.51. The van der Waals surface area contributed by atoms with E-state index in [1.807, 2.05) is 12.1 Å². The molecule has 62 valence electrons. The molecule has 0 N–H and O–H groups in total. The Balaban J connectivity index is 2.78. The Morgan fingerprint density at radius 1 is 1.58 bits per heavy atom. The number of aromatic nitrogens is 1. The maximum atomic E-state index is 4.96. The van der Waals surface area contributed by atoms with Crippen LogP contribution in [0.25, 0.3) is 0 Å². The van der Waals surface area contributed by atoms with Gasteiger partial charge in [0, 0.05) is 21.2 Å². The molecule has 1 aromatic heterocycles. The van der Waals surface area contributed by atoms with Crippen LogP contribution in [0.3, 0.4) is 0 Å². The molecule has 0 amide bonds. The molecule has 1 heterocycles. The number of pyridine rings is 1. The van der Waals surface area contributed by atoms with Gasteiger partial charge < -0.3 is 4.74 Å². The minimum Gasteiger partial charge on any atom is -0.495 e. The lowest BCUT2D eigenvalue weighted by molar-refractivity contribution is 0.413. The Morgan fingerprint density at radius 3 is 2.92 bits per heavy atom. The molecule has 0 saturated carbocycles. The monoisotopic (exact) mass is 291 g/mol. The highest BCUT2D eigenvalue weighted by Crippen LogP contribution is 2.09. The summed E-state index contributed by atoms with van der Waals surface area (Å²) in [4.78, 5) is 4.07. The zero-order valence-corrected chi connectivity index (χ0v) is 9.35. The molecule has 12 heavy (non-hydrogen) atoms. The smallest absolute Gasteiger partial charge is 0.137 e.